The molecule has 216 valence electrons. The first kappa shape index (κ1) is 32.3. The summed E-state index contributed by atoms with van der Waals surface area (Å²) in [6, 6.07) is 27.8. The molecule has 0 aliphatic rings. The fourth-order valence-electron chi connectivity index (χ4n) is 4.33. The van der Waals surface area contributed by atoms with E-state index in [0.29, 0.717) is 30.3 Å². The van der Waals surface area contributed by atoms with Crippen LogP contribution in [0.5, 0.6) is 0 Å². The molecule has 9 heteroatoms. The van der Waals surface area contributed by atoms with E-state index in [9.17, 15) is 18.3 Å². The molecule has 4 aromatic rings. The molecule has 0 bridgehead atoms. The summed E-state index contributed by atoms with van der Waals surface area (Å²) in [5, 5.41) is 14.1. The van der Waals surface area contributed by atoms with Crippen molar-refractivity contribution in [3.05, 3.63) is 119 Å². The Bertz CT molecular complexity index is 1540. The number of halogens is 2. The van der Waals surface area contributed by atoms with Crippen LogP contribution in [-0.2, 0) is 21.0 Å². The number of benzene rings is 4. The van der Waals surface area contributed by atoms with Gasteiger partial charge in [-0.25, -0.2) is 13.2 Å². The maximum absolute atomic E-state index is 13.2. The number of aryl methyl sites for hydroxylation is 1. The lowest BCUT2D eigenvalue weighted by molar-refractivity contribution is 0.0526. The molecule has 2 N–H and O–H groups in total. The Hall–Kier alpha value is -3.20. The highest BCUT2D eigenvalue weighted by molar-refractivity contribution is 7.91. The Morgan fingerprint density at radius 3 is 2.22 bits per heavy atom. The summed E-state index contributed by atoms with van der Waals surface area (Å²) in [6.45, 7) is 3.19. The van der Waals surface area contributed by atoms with Gasteiger partial charge in [0, 0.05) is 11.6 Å². The SMILES string of the molecule is CCOC(=O)c1cccc(-c2ccc(S(=O)(=O)c3ccc(CCCNC[C@H](O)c4cccc(Cl)c4)cc3)cc2)c1.Cl. The van der Waals surface area contributed by atoms with E-state index in [4.69, 9.17) is 16.3 Å². The molecule has 0 aliphatic carbocycles. The van der Waals surface area contributed by atoms with Crippen molar-refractivity contribution in [3.8, 4) is 11.1 Å². The van der Waals surface area contributed by atoms with Crippen LogP contribution in [0.15, 0.2) is 107 Å². The van der Waals surface area contributed by atoms with Crippen molar-refractivity contribution in [1.29, 1.82) is 0 Å². The van der Waals surface area contributed by atoms with Gasteiger partial charge >= 0.3 is 5.97 Å². The predicted molar refractivity (Wildman–Crippen MR) is 165 cm³/mol. The van der Waals surface area contributed by atoms with E-state index in [1.807, 2.05) is 30.3 Å². The molecule has 0 unspecified atom stereocenters. The number of sulfone groups is 1. The number of aliphatic hydroxyl groups excluding tert-OH is 1. The van der Waals surface area contributed by atoms with Gasteiger partial charge in [0.05, 0.1) is 28.1 Å². The predicted octanol–water partition coefficient (Wildman–Crippen LogP) is 6.69. The van der Waals surface area contributed by atoms with E-state index in [2.05, 4.69) is 5.32 Å². The molecule has 0 saturated carbocycles. The number of hydrogen-bond donors (Lipinski definition) is 2. The highest BCUT2D eigenvalue weighted by Crippen LogP contribution is 2.26. The second-order valence-corrected chi connectivity index (χ2v) is 11.7. The third-order valence-electron chi connectivity index (χ3n) is 6.50. The van der Waals surface area contributed by atoms with Crippen molar-refractivity contribution in [1.82, 2.24) is 5.32 Å². The molecule has 0 spiro atoms. The number of esters is 1. The molecule has 6 nitrogen and oxygen atoms in total. The smallest absolute Gasteiger partial charge is 0.338 e. The highest BCUT2D eigenvalue weighted by Gasteiger charge is 2.18. The normalized spacial score (nSPS) is 11.9. The molecule has 41 heavy (non-hydrogen) atoms. The largest absolute Gasteiger partial charge is 0.462 e. The number of aliphatic hydroxyl groups is 1. The monoisotopic (exact) mass is 613 g/mol. The Labute approximate surface area is 252 Å². The van der Waals surface area contributed by atoms with Crippen LogP contribution in [0.2, 0.25) is 5.02 Å². The number of rotatable bonds is 12. The van der Waals surface area contributed by atoms with E-state index in [-0.39, 0.29) is 22.2 Å². The van der Waals surface area contributed by atoms with Gasteiger partial charge < -0.3 is 15.2 Å². The topological polar surface area (TPSA) is 92.7 Å². The van der Waals surface area contributed by atoms with Crippen LogP contribution in [0, 0.1) is 0 Å². The quantitative estimate of drug-likeness (QED) is 0.136. The van der Waals surface area contributed by atoms with Gasteiger partial charge in [-0.1, -0.05) is 60.1 Å². The zero-order chi connectivity index (χ0) is 28.5. The standard InChI is InChI=1S/C32H32ClNO5S.ClH/c1-2-39-32(36)27-9-3-7-25(20-27)24-13-17-30(18-14-24)40(37,38)29-15-11-23(12-16-29)6-5-19-34-22-31(35)26-8-4-10-28(33)21-26;/h3-4,7-18,20-21,31,34-35H,2,5-6,19,22H2,1H3;1H/t31-;/m0./s1. The van der Waals surface area contributed by atoms with Gasteiger partial charge in [-0.3, -0.25) is 0 Å². The molecule has 0 saturated heterocycles. The molecule has 4 aromatic carbocycles. The summed E-state index contributed by atoms with van der Waals surface area (Å²) in [6.07, 6.45) is 0.986. The first-order valence-corrected chi connectivity index (χ1v) is 15.0. The van der Waals surface area contributed by atoms with E-state index < -0.39 is 21.9 Å². The molecule has 1 atom stereocenters. The lowest BCUT2D eigenvalue weighted by Gasteiger charge is -2.12. The Kier molecular flexibility index (Phi) is 11.9. The molecule has 4 rings (SSSR count). The fraction of sp³-hybridized carbons (Fsp3) is 0.219. The van der Waals surface area contributed by atoms with Crippen LogP contribution in [0.4, 0.5) is 0 Å². The molecule has 0 heterocycles. The number of nitrogens with one attached hydrogen (secondary N) is 1. The lowest BCUT2D eigenvalue weighted by atomic mass is 10.0. The van der Waals surface area contributed by atoms with Crippen molar-refractivity contribution < 1.29 is 23.1 Å². The Morgan fingerprint density at radius 2 is 1.56 bits per heavy atom. The van der Waals surface area contributed by atoms with Gasteiger partial charge in [0.15, 0.2) is 0 Å². The van der Waals surface area contributed by atoms with Crippen molar-refractivity contribution in [2.45, 2.75) is 35.7 Å². The van der Waals surface area contributed by atoms with Crippen molar-refractivity contribution in [2.75, 3.05) is 19.7 Å². The number of hydrogen-bond acceptors (Lipinski definition) is 6. The molecule has 0 fully saturated rings. The first-order valence-electron chi connectivity index (χ1n) is 13.1. The van der Waals surface area contributed by atoms with Crippen LogP contribution in [0.25, 0.3) is 11.1 Å². The van der Waals surface area contributed by atoms with E-state index in [0.717, 1.165) is 35.1 Å². The van der Waals surface area contributed by atoms with Gasteiger partial charge in [-0.05, 0) is 97.1 Å². The van der Waals surface area contributed by atoms with Gasteiger partial charge in [-0.2, -0.15) is 0 Å². The summed E-state index contributed by atoms with van der Waals surface area (Å²) in [4.78, 5) is 12.5. The van der Waals surface area contributed by atoms with Crippen LogP contribution in [0.1, 0.15) is 40.9 Å². The lowest BCUT2D eigenvalue weighted by Crippen LogP contribution is -2.22. The van der Waals surface area contributed by atoms with Gasteiger partial charge in [0.1, 0.15) is 0 Å². The molecule has 0 aromatic heterocycles. The zero-order valence-electron chi connectivity index (χ0n) is 22.6. The highest BCUT2D eigenvalue weighted by atomic mass is 35.5. The Morgan fingerprint density at radius 1 is 0.902 bits per heavy atom. The second-order valence-electron chi connectivity index (χ2n) is 9.35. The fourth-order valence-corrected chi connectivity index (χ4v) is 5.79. The van der Waals surface area contributed by atoms with Crippen LogP contribution < -0.4 is 5.32 Å². The van der Waals surface area contributed by atoms with Crippen LogP contribution >= 0.6 is 24.0 Å². The summed E-state index contributed by atoms with van der Waals surface area (Å²) in [5.41, 5.74) is 3.85. The van der Waals surface area contributed by atoms with Crippen molar-refractivity contribution in [2.24, 2.45) is 0 Å². The van der Waals surface area contributed by atoms with E-state index >= 15 is 0 Å². The summed E-state index contributed by atoms with van der Waals surface area (Å²) in [7, 11) is -3.68. The molecule has 0 amide bonds. The van der Waals surface area contributed by atoms with E-state index in [1.54, 1.807) is 73.7 Å². The Balaban J connectivity index is 0.00000462. The number of carbonyl (C=O) groups excluding carboxylic acids is 1. The van der Waals surface area contributed by atoms with Crippen LogP contribution in [-0.4, -0.2) is 39.2 Å². The third kappa shape index (κ3) is 8.64. The van der Waals surface area contributed by atoms with Crippen molar-refractivity contribution >= 4 is 39.8 Å². The zero-order valence-corrected chi connectivity index (χ0v) is 25.0. The number of ether oxygens (including phenoxy) is 1. The van der Waals surface area contributed by atoms with Crippen molar-refractivity contribution in [3.63, 3.8) is 0 Å². The van der Waals surface area contributed by atoms with Gasteiger partial charge in [0.2, 0.25) is 9.84 Å². The summed E-state index contributed by atoms with van der Waals surface area (Å²) >= 11 is 5.98. The molecular formula is C32H33Cl2NO5S. The molecule has 0 radical (unpaired) electrons. The average Bonchev–Trinajstić information content (AvgIpc) is 2.97. The minimum absolute atomic E-state index is 0. The molecular weight excluding hydrogens is 581 g/mol. The summed E-state index contributed by atoms with van der Waals surface area (Å²) < 4.78 is 31.5. The van der Waals surface area contributed by atoms with E-state index in [1.165, 1.54) is 0 Å². The summed E-state index contributed by atoms with van der Waals surface area (Å²) in [5.74, 6) is -0.393. The third-order valence-corrected chi connectivity index (χ3v) is 8.52. The minimum atomic E-state index is -3.68. The van der Waals surface area contributed by atoms with Crippen LogP contribution in [0.3, 0.4) is 0 Å². The number of carbonyl (C=O) groups is 1. The molecule has 0 aliphatic heterocycles. The first-order chi connectivity index (χ1) is 19.3. The van der Waals surface area contributed by atoms with Gasteiger partial charge in [-0.15, -0.1) is 12.4 Å². The minimum Gasteiger partial charge on any atom is -0.462 e. The average molecular weight is 615 g/mol. The second kappa shape index (κ2) is 15.1. The van der Waals surface area contributed by atoms with Gasteiger partial charge in [0.25, 0.3) is 0 Å². The maximum Gasteiger partial charge on any atom is 0.338 e. The maximum atomic E-state index is 13.2.